The SMILES string of the molecule is CC1CC(Cn2ccnc2N)CC(C)O1. The summed E-state index contributed by atoms with van der Waals surface area (Å²) in [5.74, 6) is 1.27. The second-order valence-electron chi connectivity index (χ2n) is 4.53. The summed E-state index contributed by atoms with van der Waals surface area (Å²) in [7, 11) is 0. The van der Waals surface area contributed by atoms with Crippen LogP contribution in [-0.2, 0) is 11.3 Å². The highest BCUT2D eigenvalue weighted by molar-refractivity contribution is 5.16. The lowest BCUT2D eigenvalue weighted by atomic mass is 9.92. The number of rotatable bonds is 2. The summed E-state index contributed by atoms with van der Waals surface area (Å²) in [6, 6.07) is 0. The molecule has 1 aromatic rings. The average Bonchev–Trinajstić information content (AvgIpc) is 2.50. The van der Waals surface area contributed by atoms with Gasteiger partial charge in [0.1, 0.15) is 0 Å². The Labute approximate surface area is 90.4 Å². The van der Waals surface area contributed by atoms with Gasteiger partial charge in [-0.2, -0.15) is 0 Å². The first-order chi connectivity index (χ1) is 7.15. The average molecular weight is 209 g/mol. The molecule has 15 heavy (non-hydrogen) atoms. The van der Waals surface area contributed by atoms with Crippen LogP contribution in [0.5, 0.6) is 0 Å². The van der Waals surface area contributed by atoms with Gasteiger partial charge in [0.05, 0.1) is 12.2 Å². The highest BCUT2D eigenvalue weighted by Gasteiger charge is 2.24. The number of hydrogen-bond donors (Lipinski definition) is 1. The van der Waals surface area contributed by atoms with Gasteiger partial charge < -0.3 is 15.0 Å². The zero-order valence-corrected chi connectivity index (χ0v) is 9.39. The van der Waals surface area contributed by atoms with Crippen molar-refractivity contribution in [1.82, 2.24) is 9.55 Å². The van der Waals surface area contributed by atoms with E-state index in [2.05, 4.69) is 18.8 Å². The van der Waals surface area contributed by atoms with E-state index in [1.807, 2.05) is 10.8 Å². The van der Waals surface area contributed by atoms with Gasteiger partial charge in [-0.05, 0) is 32.6 Å². The van der Waals surface area contributed by atoms with E-state index in [1.165, 1.54) is 0 Å². The third-order valence-electron chi connectivity index (χ3n) is 3.00. The van der Waals surface area contributed by atoms with Gasteiger partial charge in [0, 0.05) is 18.9 Å². The maximum atomic E-state index is 5.75. The highest BCUT2D eigenvalue weighted by Crippen LogP contribution is 2.26. The lowest BCUT2D eigenvalue weighted by Gasteiger charge is -2.32. The van der Waals surface area contributed by atoms with Crippen LogP contribution < -0.4 is 5.73 Å². The minimum absolute atomic E-state index is 0.364. The third kappa shape index (κ3) is 2.50. The number of nitrogens with zero attached hydrogens (tertiary/aromatic N) is 2. The van der Waals surface area contributed by atoms with Gasteiger partial charge in [-0.1, -0.05) is 0 Å². The molecule has 1 aliphatic rings. The molecule has 0 bridgehead atoms. The molecular formula is C11H19N3O. The fraction of sp³-hybridized carbons (Fsp3) is 0.727. The molecule has 0 spiro atoms. The molecule has 2 rings (SSSR count). The van der Waals surface area contributed by atoms with Gasteiger partial charge in [0.2, 0.25) is 0 Å². The van der Waals surface area contributed by atoms with E-state index in [1.54, 1.807) is 6.20 Å². The summed E-state index contributed by atoms with van der Waals surface area (Å²) in [4.78, 5) is 4.03. The van der Waals surface area contributed by atoms with E-state index >= 15 is 0 Å². The molecule has 2 N–H and O–H groups in total. The van der Waals surface area contributed by atoms with Crippen molar-refractivity contribution in [3.63, 3.8) is 0 Å². The number of nitrogen functional groups attached to an aromatic ring is 1. The summed E-state index contributed by atoms with van der Waals surface area (Å²) in [5, 5.41) is 0. The van der Waals surface area contributed by atoms with Crippen LogP contribution in [0.15, 0.2) is 12.4 Å². The molecule has 4 heteroatoms. The number of aromatic nitrogens is 2. The zero-order valence-electron chi connectivity index (χ0n) is 9.39. The van der Waals surface area contributed by atoms with E-state index in [9.17, 15) is 0 Å². The minimum atomic E-state index is 0.364. The Kier molecular flexibility index (Phi) is 2.95. The number of imidazole rings is 1. The zero-order chi connectivity index (χ0) is 10.8. The van der Waals surface area contributed by atoms with Gasteiger partial charge >= 0.3 is 0 Å². The highest BCUT2D eigenvalue weighted by atomic mass is 16.5. The molecule has 0 aromatic carbocycles. The van der Waals surface area contributed by atoms with Crippen LogP contribution in [0.4, 0.5) is 5.95 Å². The third-order valence-corrected chi connectivity index (χ3v) is 3.00. The second-order valence-corrected chi connectivity index (χ2v) is 4.53. The quantitative estimate of drug-likeness (QED) is 0.806. The van der Waals surface area contributed by atoms with Crippen molar-refractivity contribution in [1.29, 1.82) is 0 Å². The number of ether oxygens (including phenoxy) is 1. The number of anilines is 1. The molecule has 2 unspecified atom stereocenters. The van der Waals surface area contributed by atoms with Crippen molar-refractivity contribution < 1.29 is 4.74 Å². The molecule has 0 amide bonds. The molecule has 1 saturated heterocycles. The Balaban J connectivity index is 1.97. The largest absolute Gasteiger partial charge is 0.376 e. The predicted molar refractivity (Wildman–Crippen MR) is 59.4 cm³/mol. The van der Waals surface area contributed by atoms with Crippen molar-refractivity contribution in [2.75, 3.05) is 5.73 Å². The molecule has 1 fully saturated rings. The van der Waals surface area contributed by atoms with Crippen LogP contribution in [0.25, 0.3) is 0 Å². The first-order valence-corrected chi connectivity index (χ1v) is 5.57. The summed E-state index contributed by atoms with van der Waals surface area (Å²) in [5.41, 5.74) is 5.75. The maximum Gasteiger partial charge on any atom is 0.200 e. The normalized spacial score (nSPS) is 31.7. The summed E-state index contributed by atoms with van der Waals surface area (Å²) in [6.07, 6.45) is 6.65. The summed E-state index contributed by atoms with van der Waals surface area (Å²) in [6.45, 7) is 5.24. The molecule has 1 aliphatic heterocycles. The van der Waals surface area contributed by atoms with Crippen LogP contribution in [0.1, 0.15) is 26.7 Å². The predicted octanol–water partition coefficient (Wildman–Crippen LogP) is 1.67. The van der Waals surface area contributed by atoms with Crippen molar-refractivity contribution in [2.24, 2.45) is 5.92 Å². The van der Waals surface area contributed by atoms with Crippen LogP contribution in [0.3, 0.4) is 0 Å². The molecule has 0 radical (unpaired) electrons. The van der Waals surface area contributed by atoms with Crippen molar-refractivity contribution in [2.45, 2.75) is 45.4 Å². The minimum Gasteiger partial charge on any atom is -0.376 e. The molecule has 0 saturated carbocycles. The standard InChI is InChI=1S/C11H19N3O/c1-8-5-10(6-9(2)15-8)7-14-4-3-13-11(14)12/h3-4,8-10H,5-7H2,1-2H3,(H2,12,13). The first kappa shape index (κ1) is 10.5. The van der Waals surface area contributed by atoms with E-state index < -0.39 is 0 Å². The van der Waals surface area contributed by atoms with Crippen LogP contribution in [0, 0.1) is 5.92 Å². The number of nitrogens with two attached hydrogens (primary N) is 1. The van der Waals surface area contributed by atoms with Gasteiger partial charge in [-0.3, -0.25) is 0 Å². The molecule has 0 aliphatic carbocycles. The fourth-order valence-corrected chi connectivity index (χ4v) is 2.47. The Morgan fingerprint density at radius 3 is 2.67 bits per heavy atom. The van der Waals surface area contributed by atoms with Crippen LogP contribution >= 0.6 is 0 Å². The molecule has 84 valence electrons. The van der Waals surface area contributed by atoms with Gasteiger partial charge in [0.15, 0.2) is 5.95 Å². The Morgan fingerprint density at radius 1 is 1.47 bits per heavy atom. The van der Waals surface area contributed by atoms with Gasteiger partial charge in [-0.15, -0.1) is 0 Å². The molecular weight excluding hydrogens is 190 g/mol. The molecule has 2 atom stereocenters. The van der Waals surface area contributed by atoms with Crippen molar-refractivity contribution >= 4 is 5.95 Å². The summed E-state index contributed by atoms with van der Waals surface area (Å²) >= 11 is 0. The van der Waals surface area contributed by atoms with Crippen LogP contribution in [0.2, 0.25) is 0 Å². The van der Waals surface area contributed by atoms with E-state index in [4.69, 9.17) is 10.5 Å². The van der Waals surface area contributed by atoms with Gasteiger partial charge in [-0.25, -0.2) is 4.98 Å². The van der Waals surface area contributed by atoms with E-state index in [0.717, 1.165) is 19.4 Å². The molecule has 1 aromatic heterocycles. The maximum absolute atomic E-state index is 5.75. The van der Waals surface area contributed by atoms with Gasteiger partial charge in [0.25, 0.3) is 0 Å². The Hall–Kier alpha value is -1.03. The smallest absolute Gasteiger partial charge is 0.200 e. The van der Waals surface area contributed by atoms with Crippen molar-refractivity contribution in [3.8, 4) is 0 Å². The summed E-state index contributed by atoms with van der Waals surface area (Å²) < 4.78 is 7.73. The topological polar surface area (TPSA) is 53.1 Å². The second kappa shape index (κ2) is 4.23. The van der Waals surface area contributed by atoms with E-state index in [-0.39, 0.29) is 0 Å². The lowest BCUT2D eigenvalue weighted by molar-refractivity contribution is -0.0547. The Morgan fingerprint density at radius 2 is 2.13 bits per heavy atom. The first-order valence-electron chi connectivity index (χ1n) is 5.57. The number of hydrogen-bond acceptors (Lipinski definition) is 3. The fourth-order valence-electron chi connectivity index (χ4n) is 2.47. The monoisotopic (exact) mass is 209 g/mol. The van der Waals surface area contributed by atoms with Crippen LogP contribution in [-0.4, -0.2) is 21.8 Å². The lowest BCUT2D eigenvalue weighted by Crippen LogP contribution is -2.31. The Bertz CT molecular complexity index is 313. The van der Waals surface area contributed by atoms with E-state index in [0.29, 0.717) is 24.1 Å². The molecule has 4 nitrogen and oxygen atoms in total. The molecule has 2 heterocycles. The van der Waals surface area contributed by atoms with Crippen molar-refractivity contribution in [3.05, 3.63) is 12.4 Å².